The molecular formula is C15H26N2O3S. The molecule has 0 spiro atoms. The van der Waals surface area contributed by atoms with Gasteiger partial charge in [0, 0.05) is 25.7 Å². The second kappa shape index (κ2) is 8.48. The van der Waals surface area contributed by atoms with Crippen molar-refractivity contribution in [2.24, 2.45) is 0 Å². The van der Waals surface area contributed by atoms with Crippen molar-refractivity contribution in [2.45, 2.75) is 50.7 Å². The Labute approximate surface area is 128 Å². The maximum atomic E-state index is 12.5. The first-order valence-corrected chi connectivity index (χ1v) is 8.71. The lowest BCUT2D eigenvalue weighted by Gasteiger charge is -2.18. The molecule has 2 N–H and O–H groups in total. The number of sulfonamides is 1. The summed E-state index contributed by atoms with van der Waals surface area (Å²) in [7, 11) is -1.98. The summed E-state index contributed by atoms with van der Waals surface area (Å²) in [6.45, 7) is 6.87. The summed E-state index contributed by atoms with van der Waals surface area (Å²) in [6, 6.07) is 7.14. The molecule has 0 fully saturated rings. The summed E-state index contributed by atoms with van der Waals surface area (Å²) in [4.78, 5) is 0.327. The van der Waals surface area contributed by atoms with E-state index in [4.69, 9.17) is 4.74 Å². The summed E-state index contributed by atoms with van der Waals surface area (Å²) >= 11 is 0. The molecule has 0 radical (unpaired) electrons. The zero-order valence-corrected chi connectivity index (χ0v) is 14.0. The number of methoxy groups -OCH3 is 1. The van der Waals surface area contributed by atoms with Crippen LogP contribution >= 0.6 is 0 Å². The molecule has 0 saturated carbocycles. The van der Waals surface area contributed by atoms with Crippen LogP contribution in [-0.4, -0.2) is 34.2 Å². The van der Waals surface area contributed by atoms with Crippen molar-refractivity contribution in [1.82, 2.24) is 10.0 Å². The molecule has 0 aliphatic rings. The van der Waals surface area contributed by atoms with Gasteiger partial charge in [0.25, 0.3) is 0 Å². The second-order valence-electron chi connectivity index (χ2n) is 5.33. The summed E-state index contributed by atoms with van der Waals surface area (Å²) < 4.78 is 32.8. The van der Waals surface area contributed by atoms with Crippen LogP contribution in [0.2, 0.25) is 0 Å². The topological polar surface area (TPSA) is 67.4 Å². The van der Waals surface area contributed by atoms with Gasteiger partial charge < -0.3 is 10.1 Å². The van der Waals surface area contributed by atoms with Crippen LogP contribution in [0.25, 0.3) is 0 Å². The average molecular weight is 314 g/mol. The van der Waals surface area contributed by atoms with Crippen molar-refractivity contribution in [3.8, 4) is 0 Å². The molecule has 21 heavy (non-hydrogen) atoms. The molecule has 0 aliphatic heterocycles. The standard InChI is InChI=1S/C15H26N2O3S/c1-5-14(11-20-4)17-21(18,19)15-9-7-6-8-13(15)10-16-12(2)3/h6-9,12,14,16-17H,5,10-11H2,1-4H3. The van der Waals surface area contributed by atoms with Crippen LogP contribution in [0.15, 0.2) is 29.2 Å². The van der Waals surface area contributed by atoms with Gasteiger partial charge >= 0.3 is 0 Å². The van der Waals surface area contributed by atoms with E-state index in [0.29, 0.717) is 30.5 Å². The van der Waals surface area contributed by atoms with Crippen LogP contribution in [0.3, 0.4) is 0 Å². The molecule has 1 unspecified atom stereocenters. The zero-order valence-electron chi connectivity index (χ0n) is 13.2. The first-order valence-electron chi connectivity index (χ1n) is 7.23. The van der Waals surface area contributed by atoms with E-state index in [1.165, 1.54) is 0 Å². The van der Waals surface area contributed by atoms with Crippen molar-refractivity contribution >= 4 is 10.0 Å². The van der Waals surface area contributed by atoms with E-state index in [2.05, 4.69) is 10.0 Å². The van der Waals surface area contributed by atoms with Gasteiger partial charge in [-0.2, -0.15) is 0 Å². The summed E-state index contributed by atoms with van der Waals surface area (Å²) in [5, 5.41) is 3.25. The molecule has 0 bridgehead atoms. The molecule has 1 atom stereocenters. The predicted molar refractivity (Wildman–Crippen MR) is 84.7 cm³/mol. The predicted octanol–water partition coefficient (Wildman–Crippen LogP) is 1.89. The van der Waals surface area contributed by atoms with E-state index < -0.39 is 10.0 Å². The molecule has 6 heteroatoms. The quantitative estimate of drug-likeness (QED) is 0.730. The van der Waals surface area contributed by atoms with Crippen molar-refractivity contribution in [1.29, 1.82) is 0 Å². The Hall–Kier alpha value is -0.950. The minimum absolute atomic E-state index is 0.217. The van der Waals surface area contributed by atoms with Gasteiger partial charge in [0.1, 0.15) is 0 Å². The molecule has 0 aliphatic carbocycles. The van der Waals surface area contributed by atoms with E-state index >= 15 is 0 Å². The number of nitrogens with one attached hydrogen (secondary N) is 2. The minimum atomic E-state index is -3.54. The Kier molecular flexibility index (Phi) is 7.31. The van der Waals surface area contributed by atoms with Crippen LogP contribution in [0.1, 0.15) is 32.8 Å². The Morgan fingerprint density at radius 3 is 2.48 bits per heavy atom. The SMILES string of the molecule is CCC(COC)NS(=O)(=O)c1ccccc1CNC(C)C. The van der Waals surface area contributed by atoms with Gasteiger partial charge in [-0.25, -0.2) is 13.1 Å². The first-order chi connectivity index (χ1) is 9.90. The highest BCUT2D eigenvalue weighted by atomic mass is 32.2. The third kappa shape index (κ3) is 5.74. The van der Waals surface area contributed by atoms with Gasteiger partial charge in [0.2, 0.25) is 10.0 Å². The lowest BCUT2D eigenvalue weighted by atomic mass is 10.2. The molecule has 0 heterocycles. The first kappa shape index (κ1) is 18.1. The fourth-order valence-corrected chi connectivity index (χ4v) is 3.49. The van der Waals surface area contributed by atoms with Gasteiger partial charge in [-0.3, -0.25) is 0 Å². The third-order valence-corrected chi connectivity index (χ3v) is 4.77. The average Bonchev–Trinajstić information content (AvgIpc) is 2.44. The smallest absolute Gasteiger partial charge is 0.241 e. The van der Waals surface area contributed by atoms with Gasteiger partial charge in [-0.05, 0) is 18.1 Å². The third-order valence-electron chi connectivity index (χ3n) is 3.15. The Morgan fingerprint density at radius 1 is 1.24 bits per heavy atom. The zero-order chi connectivity index (χ0) is 15.9. The molecule has 5 nitrogen and oxygen atoms in total. The summed E-state index contributed by atoms with van der Waals surface area (Å²) in [6.07, 6.45) is 0.680. The van der Waals surface area contributed by atoms with Gasteiger partial charge in [0.05, 0.1) is 11.5 Å². The molecule has 120 valence electrons. The van der Waals surface area contributed by atoms with Crippen LogP contribution in [0, 0.1) is 0 Å². The van der Waals surface area contributed by atoms with E-state index in [9.17, 15) is 8.42 Å². The van der Waals surface area contributed by atoms with Crippen molar-refractivity contribution in [3.63, 3.8) is 0 Å². The van der Waals surface area contributed by atoms with Gasteiger partial charge in [-0.15, -0.1) is 0 Å². The van der Waals surface area contributed by atoms with Crippen molar-refractivity contribution in [3.05, 3.63) is 29.8 Å². The monoisotopic (exact) mass is 314 g/mol. The Balaban J connectivity index is 2.96. The second-order valence-corrected chi connectivity index (χ2v) is 7.01. The Bertz CT molecular complexity index is 529. The van der Waals surface area contributed by atoms with Gasteiger partial charge in [-0.1, -0.05) is 39.0 Å². The highest BCUT2D eigenvalue weighted by Gasteiger charge is 2.21. The molecule has 1 aromatic rings. The molecule has 0 aromatic heterocycles. The summed E-state index contributed by atoms with van der Waals surface area (Å²) in [5.74, 6) is 0. The van der Waals surface area contributed by atoms with E-state index in [1.807, 2.05) is 32.9 Å². The number of rotatable bonds is 9. The Morgan fingerprint density at radius 2 is 1.90 bits per heavy atom. The van der Waals surface area contributed by atoms with Crippen LogP contribution in [0.4, 0.5) is 0 Å². The lowest BCUT2D eigenvalue weighted by molar-refractivity contribution is 0.173. The number of hydrogen-bond acceptors (Lipinski definition) is 4. The van der Waals surface area contributed by atoms with Crippen molar-refractivity contribution in [2.75, 3.05) is 13.7 Å². The molecular weight excluding hydrogens is 288 g/mol. The number of benzene rings is 1. The van der Waals surface area contributed by atoms with Gasteiger partial charge in [0.15, 0.2) is 0 Å². The van der Waals surface area contributed by atoms with E-state index in [1.54, 1.807) is 19.2 Å². The molecule has 1 rings (SSSR count). The van der Waals surface area contributed by atoms with E-state index in [-0.39, 0.29) is 6.04 Å². The largest absolute Gasteiger partial charge is 0.383 e. The lowest BCUT2D eigenvalue weighted by Crippen LogP contribution is -2.38. The minimum Gasteiger partial charge on any atom is -0.383 e. The number of hydrogen-bond donors (Lipinski definition) is 2. The normalized spacial score (nSPS) is 13.6. The highest BCUT2D eigenvalue weighted by Crippen LogP contribution is 2.16. The number of ether oxygens (including phenoxy) is 1. The maximum absolute atomic E-state index is 12.5. The van der Waals surface area contributed by atoms with Crippen LogP contribution in [0.5, 0.6) is 0 Å². The fourth-order valence-electron chi connectivity index (χ4n) is 1.95. The molecule has 0 amide bonds. The van der Waals surface area contributed by atoms with Crippen molar-refractivity contribution < 1.29 is 13.2 Å². The fraction of sp³-hybridized carbons (Fsp3) is 0.600. The maximum Gasteiger partial charge on any atom is 0.241 e. The van der Waals surface area contributed by atoms with Crippen LogP contribution < -0.4 is 10.0 Å². The molecule has 0 saturated heterocycles. The summed E-state index contributed by atoms with van der Waals surface area (Å²) in [5.41, 5.74) is 0.769. The van der Waals surface area contributed by atoms with E-state index in [0.717, 1.165) is 5.56 Å². The van der Waals surface area contributed by atoms with Crippen LogP contribution in [-0.2, 0) is 21.3 Å². The highest BCUT2D eigenvalue weighted by molar-refractivity contribution is 7.89. The molecule has 1 aromatic carbocycles.